The second kappa shape index (κ2) is 9.40. The molecule has 1 aliphatic heterocycles. The van der Waals surface area contributed by atoms with E-state index in [1.54, 1.807) is 0 Å². The Balaban J connectivity index is 1.80. The second-order valence-corrected chi connectivity index (χ2v) is 7.19. The molecule has 0 aromatic carbocycles. The minimum atomic E-state index is -0.495. The first-order valence-corrected chi connectivity index (χ1v) is 9.29. The minimum absolute atomic E-state index is 0.420. The average Bonchev–Trinajstić information content (AvgIpc) is 2.98. The first-order valence-electron chi connectivity index (χ1n) is 9.29. The third-order valence-corrected chi connectivity index (χ3v) is 3.74. The molecule has 0 spiro atoms. The van der Waals surface area contributed by atoms with Gasteiger partial charge in [0.15, 0.2) is 11.8 Å². The molecule has 9 heteroatoms. The van der Waals surface area contributed by atoms with Crippen LogP contribution in [-0.4, -0.2) is 52.1 Å². The predicted octanol–water partition coefficient (Wildman–Crippen LogP) is 1.19. The number of nitrogens with one attached hydrogen (secondary N) is 3. The third-order valence-electron chi connectivity index (χ3n) is 3.74. The normalized spacial score (nSPS) is 14.5. The third kappa shape index (κ3) is 6.53. The van der Waals surface area contributed by atoms with Crippen molar-refractivity contribution in [2.24, 2.45) is 4.99 Å². The number of hydrogen-bond donors (Lipinski definition) is 3. The van der Waals surface area contributed by atoms with Gasteiger partial charge in [-0.3, -0.25) is 0 Å². The van der Waals surface area contributed by atoms with E-state index in [2.05, 4.69) is 35.7 Å². The molecule has 0 saturated heterocycles. The number of carbonyl (C=O) groups excluding carboxylic acids is 1. The van der Waals surface area contributed by atoms with Crippen molar-refractivity contribution in [3.63, 3.8) is 0 Å². The molecule has 3 N–H and O–H groups in total. The maximum absolute atomic E-state index is 11.6. The van der Waals surface area contributed by atoms with Gasteiger partial charge in [0.2, 0.25) is 0 Å². The molecule has 1 aromatic rings. The summed E-state index contributed by atoms with van der Waals surface area (Å²) < 4.78 is 7.37. The topological polar surface area (TPSA) is 105 Å². The molecule has 9 nitrogen and oxygen atoms in total. The van der Waals surface area contributed by atoms with Crippen LogP contribution in [-0.2, 0) is 24.2 Å². The number of guanidine groups is 1. The van der Waals surface area contributed by atoms with Crippen molar-refractivity contribution in [3.8, 4) is 0 Å². The minimum Gasteiger partial charge on any atom is -0.444 e. The Morgan fingerprint density at radius 2 is 1.96 bits per heavy atom. The van der Waals surface area contributed by atoms with E-state index in [-0.39, 0.29) is 0 Å². The lowest BCUT2D eigenvalue weighted by Gasteiger charge is -2.20. The number of carbonyl (C=O) groups is 1. The molecule has 0 radical (unpaired) electrons. The number of aromatic nitrogens is 3. The highest BCUT2D eigenvalue weighted by atomic mass is 16.6. The van der Waals surface area contributed by atoms with E-state index in [1.165, 1.54) is 6.42 Å². The lowest BCUT2D eigenvalue weighted by molar-refractivity contribution is 0.0529. The van der Waals surface area contributed by atoms with E-state index >= 15 is 0 Å². The van der Waals surface area contributed by atoms with Gasteiger partial charge in [0.05, 0.1) is 0 Å². The first-order chi connectivity index (χ1) is 12.4. The number of amides is 1. The summed E-state index contributed by atoms with van der Waals surface area (Å²) in [5.41, 5.74) is -0.495. The number of hydrogen-bond acceptors (Lipinski definition) is 5. The standard InChI is InChI=1S/C17H31N7O2/c1-5-18-15(19-9-10-20-16(25)26-17(2,3)4)21-12-14-23-22-13-8-6-7-11-24(13)14/h5-12H2,1-4H3,(H,20,25)(H2,18,19,21). The molecular weight excluding hydrogens is 334 g/mol. The molecule has 146 valence electrons. The van der Waals surface area contributed by atoms with Gasteiger partial charge in [0, 0.05) is 32.6 Å². The molecule has 1 aliphatic rings. The van der Waals surface area contributed by atoms with Gasteiger partial charge in [-0.15, -0.1) is 10.2 Å². The van der Waals surface area contributed by atoms with Gasteiger partial charge in [0.25, 0.3) is 0 Å². The number of aliphatic imine (C=N–C) groups is 1. The summed E-state index contributed by atoms with van der Waals surface area (Å²) in [6.07, 6.45) is 2.91. The molecule has 0 bridgehead atoms. The van der Waals surface area contributed by atoms with Gasteiger partial charge < -0.3 is 25.3 Å². The van der Waals surface area contributed by atoms with Gasteiger partial charge in [-0.05, 0) is 40.5 Å². The molecule has 2 heterocycles. The van der Waals surface area contributed by atoms with E-state index in [0.717, 1.165) is 37.6 Å². The van der Waals surface area contributed by atoms with Crippen LogP contribution in [0.25, 0.3) is 0 Å². The van der Waals surface area contributed by atoms with E-state index in [1.807, 2.05) is 27.7 Å². The van der Waals surface area contributed by atoms with Crippen LogP contribution < -0.4 is 16.0 Å². The van der Waals surface area contributed by atoms with Crippen molar-refractivity contribution in [2.45, 2.75) is 65.6 Å². The van der Waals surface area contributed by atoms with E-state index in [4.69, 9.17) is 4.74 Å². The lowest BCUT2D eigenvalue weighted by atomic mass is 10.2. The molecule has 2 rings (SSSR count). The number of nitrogens with zero attached hydrogens (tertiary/aromatic N) is 4. The number of ether oxygens (including phenoxy) is 1. The van der Waals surface area contributed by atoms with Crippen molar-refractivity contribution >= 4 is 12.1 Å². The van der Waals surface area contributed by atoms with Crippen LogP contribution in [0.15, 0.2) is 4.99 Å². The highest BCUT2D eigenvalue weighted by Crippen LogP contribution is 2.14. The summed E-state index contributed by atoms with van der Waals surface area (Å²) in [5.74, 6) is 2.64. The summed E-state index contributed by atoms with van der Waals surface area (Å²) in [7, 11) is 0. The van der Waals surface area contributed by atoms with E-state index in [9.17, 15) is 4.79 Å². The Morgan fingerprint density at radius 3 is 2.69 bits per heavy atom. The second-order valence-electron chi connectivity index (χ2n) is 7.19. The summed E-state index contributed by atoms with van der Waals surface area (Å²) in [4.78, 5) is 16.2. The molecule has 1 amide bonds. The van der Waals surface area contributed by atoms with Crippen LogP contribution in [0.1, 0.15) is 52.2 Å². The molecule has 26 heavy (non-hydrogen) atoms. The Hall–Kier alpha value is -2.32. The van der Waals surface area contributed by atoms with Crippen LogP contribution in [0, 0.1) is 0 Å². The molecular formula is C17H31N7O2. The zero-order valence-corrected chi connectivity index (χ0v) is 16.3. The Morgan fingerprint density at radius 1 is 1.19 bits per heavy atom. The van der Waals surface area contributed by atoms with E-state index < -0.39 is 11.7 Å². The molecule has 0 fully saturated rings. The highest BCUT2D eigenvalue weighted by Gasteiger charge is 2.16. The molecule has 0 aliphatic carbocycles. The maximum Gasteiger partial charge on any atom is 0.407 e. The predicted molar refractivity (Wildman–Crippen MR) is 100 cm³/mol. The van der Waals surface area contributed by atoms with Crippen LogP contribution >= 0.6 is 0 Å². The summed E-state index contributed by atoms with van der Waals surface area (Å²) in [6, 6.07) is 0. The number of rotatable bonds is 6. The Labute approximate surface area is 155 Å². The smallest absolute Gasteiger partial charge is 0.407 e. The number of fused-ring (bicyclic) bond motifs is 1. The number of aryl methyl sites for hydroxylation is 1. The molecule has 0 saturated carbocycles. The summed E-state index contributed by atoms with van der Waals surface area (Å²) >= 11 is 0. The van der Waals surface area contributed by atoms with Crippen molar-refractivity contribution < 1.29 is 9.53 Å². The molecule has 0 unspecified atom stereocenters. The quantitative estimate of drug-likeness (QED) is 0.397. The van der Waals surface area contributed by atoms with Crippen molar-refractivity contribution in [1.82, 2.24) is 30.7 Å². The van der Waals surface area contributed by atoms with Crippen molar-refractivity contribution in [3.05, 3.63) is 11.6 Å². The van der Waals surface area contributed by atoms with Crippen molar-refractivity contribution in [1.29, 1.82) is 0 Å². The average molecular weight is 365 g/mol. The monoisotopic (exact) mass is 365 g/mol. The maximum atomic E-state index is 11.6. The highest BCUT2D eigenvalue weighted by molar-refractivity contribution is 5.79. The number of alkyl carbamates (subject to hydrolysis) is 1. The van der Waals surface area contributed by atoms with Crippen molar-refractivity contribution in [2.75, 3.05) is 19.6 Å². The van der Waals surface area contributed by atoms with E-state index in [0.29, 0.717) is 25.6 Å². The Bertz CT molecular complexity index is 619. The molecule has 0 atom stereocenters. The lowest BCUT2D eigenvalue weighted by Crippen LogP contribution is -2.42. The Kier molecular flexibility index (Phi) is 7.23. The SMILES string of the molecule is CCNC(=NCc1nnc2n1CCCC2)NCCNC(=O)OC(C)(C)C. The van der Waals surface area contributed by atoms with Crippen LogP contribution in [0.3, 0.4) is 0 Å². The van der Waals surface area contributed by atoms with Crippen LogP contribution in [0.2, 0.25) is 0 Å². The van der Waals surface area contributed by atoms with Gasteiger partial charge in [-0.1, -0.05) is 0 Å². The zero-order valence-electron chi connectivity index (χ0n) is 16.3. The first kappa shape index (κ1) is 20.0. The fourth-order valence-electron chi connectivity index (χ4n) is 2.64. The summed E-state index contributed by atoms with van der Waals surface area (Å²) in [6.45, 7) is 10.7. The summed E-state index contributed by atoms with van der Waals surface area (Å²) in [5, 5.41) is 17.6. The van der Waals surface area contributed by atoms with Crippen LogP contribution in [0.4, 0.5) is 4.79 Å². The van der Waals surface area contributed by atoms with Gasteiger partial charge in [-0.25, -0.2) is 9.79 Å². The van der Waals surface area contributed by atoms with Gasteiger partial charge >= 0.3 is 6.09 Å². The largest absolute Gasteiger partial charge is 0.444 e. The van der Waals surface area contributed by atoms with Crippen LogP contribution in [0.5, 0.6) is 0 Å². The fraction of sp³-hybridized carbons (Fsp3) is 0.765. The van der Waals surface area contributed by atoms with Gasteiger partial charge in [0.1, 0.15) is 18.0 Å². The fourth-order valence-corrected chi connectivity index (χ4v) is 2.64. The molecule has 1 aromatic heterocycles. The zero-order chi connectivity index (χ0) is 19.0. The van der Waals surface area contributed by atoms with Gasteiger partial charge in [-0.2, -0.15) is 0 Å².